The van der Waals surface area contributed by atoms with E-state index in [9.17, 15) is 17.6 Å². The molecule has 0 radical (unpaired) electrons. The number of amides is 1. The molecule has 23 heavy (non-hydrogen) atoms. The zero-order chi connectivity index (χ0) is 16.9. The highest BCUT2D eigenvalue weighted by atomic mass is 35.5. The Kier molecular flexibility index (Phi) is 5.74. The van der Waals surface area contributed by atoms with Gasteiger partial charge in [0.2, 0.25) is 5.91 Å². The summed E-state index contributed by atoms with van der Waals surface area (Å²) in [6, 6.07) is 12.1. The van der Waals surface area contributed by atoms with Crippen molar-refractivity contribution in [3.63, 3.8) is 0 Å². The Labute approximate surface area is 139 Å². The second kappa shape index (κ2) is 7.57. The number of sulfone groups is 1. The minimum atomic E-state index is -3.59. The maximum atomic E-state index is 12.8. The lowest BCUT2D eigenvalue weighted by Gasteiger charge is -2.07. The van der Waals surface area contributed by atoms with Crippen LogP contribution in [0.25, 0.3) is 0 Å². The van der Waals surface area contributed by atoms with Crippen LogP contribution in [0.4, 0.5) is 4.39 Å². The first kappa shape index (κ1) is 17.4. The fourth-order valence-electron chi connectivity index (χ4n) is 1.99. The summed E-state index contributed by atoms with van der Waals surface area (Å²) < 4.78 is 36.8. The van der Waals surface area contributed by atoms with E-state index in [0.29, 0.717) is 16.1 Å². The van der Waals surface area contributed by atoms with Crippen molar-refractivity contribution in [2.24, 2.45) is 0 Å². The molecule has 4 nitrogen and oxygen atoms in total. The van der Waals surface area contributed by atoms with Gasteiger partial charge in [0.1, 0.15) is 11.6 Å². The number of rotatable bonds is 6. The van der Waals surface area contributed by atoms with Crippen LogP contribution in [0.1, 0.15) is 11.1 Å². The van der Waals surface area contributed by atoms with Crippen molar-refractivity contribution in [3.8, 4) is 0 Å². The topological polar surface area (TPSA) is 63.2 Å². The molecule has 7 heteroatoms. The number of benzene rings is 2. The third-order valence-electron chi connectivity index (χ3n) is 3.03. The molecule has 2 aromatic rings. The third kappa shape index (κ3) is 6.00. The van der Waals surface area contributed by atoms with Crippen LogP contribution >= 0.6 is 11.6 Å². The summed E-state index contributed by atoms with van der Waals surface area (Å²) in [4.78, 5) is 11.8. The fraction of sp³-hybridized carbons (Fsp3) is 0.188. The molecule has 122 valence electrons. The van der Waals surface area contributed by atoms with Crippen molar-refractivity contribution in [1.82, 2.24) is 5.32 Å². The molecule has 2 aromatic carbocycles. The second-order valence-corrected chi connectivity index (χ2v) is 7.57. The van der Waals surface area contributed by atoms with E-state index in [2.05, 4.69) is 5.32 Å². The molecule has 0 saturated carbocycles. The van der Waals surface area contributed by atoms with Crippen molar-refractivity contribution in [2.75, 3.05) is 5.75 Å². The Morgan fingerprint density at radius 3 is 2.43 bits per heavy atom. The van der Waals surface area contributed by atoms with Crippen molar-refractivity contribution < 1.29 is 17.6 Å². The lowest BCUT2D eigenvalue weighted by Crippen LogP contribution is -2.30. The zero-order valence-electron chi connectivity index (χ0n) is 12.1. The molecule has 0 aromatic heterocycles. The molecule has 0 spiro atoms. The van der Waals surface area contributed by atoms with E-state index in [1.54, 1.807) is 24.3 Å². The van der Waals surface area contributed by atoms with Gasteiger partial charge in [-0.3, -0.25) is 4.79 Å². The van der Waals surface area contributed by atoms with Gasteiger partial charge in [-0.05, 0) is 35.4 Å². The van der Waals surface area contributed by atoms with Crippen LogP contribution in [0, 0.1) is 5.82 Å². The number of halogens is 2. The molecule has 0 unspecified atom stereocenters. The predicted molar refractivity (Wildman–Crippen MR) is 87.2 cm³/mol. The Balaban J connectivity index is 1.89. The molecule has 0 aliphatic heterocycles. The van der Waals surface area contributed by atoms with Crippen LogP contribution < -0.4 is 5.32 Å². The molecule has 0 saturated heterocycles. The predicted octanol–water partition coefficient (Wildman–Crippen LogP) is 2.71. The number of nitrogens with one attached hydrogen (secondary N) is 1. The maximum Gasteiger partial charge on any atom is 0.235 e. The van der Waals surface area contributed by atoms with Crippen molar-refractivity contribution in [2.45, 2.75) is 12.3 Å². The highest BCUT2D eigenvalue weighted by molar-refractivity contribution is 7.91. The van der Waals surface area contributed by atoms with Gasteiger partial charge in [0.25, 0.3) is 0 Å². The zero-order valence-corrected chi connectivity index (χ0v) is 13.7. The quantitative estimate of drug-likeness (QED) is 0.866. The lowest BCUT2D eigenvalue weighted by atomic mass is 10.2. The van der Waals surface area contributed by atoms with E-state index in [4.69, 9.17) is 11.6 Å². The first-order chi connectivity index (χ1) is 10.8. The maximum absolute atomic E-state index is 12.8. The van der Waals surface area contributed by atoms with Gasteiger partial charge >= 0.3 is 0 Å². The van der Waals surface area contributed by atoms with E-state index in [-0.39, 0.29) is 18.1 Å². The number of hydrogen-bond donors (Lipinski definition) is 1. The molecule has 0 atom stereocenters. The summed E-state index contributed by atoms with van der Waals surface area (Å²) in [5.41, 5.74) is 1.22. The minimum absolute atomic E-state index is 0.145. The molecule has 1 amide bonds. The van der Waals surface area contributed by atoms with Gasteiger partial charge < -0.3 is 5.32 Å². The number of hydrogen-bond acceptors (Lipinski definition) is 3. The molecule has 0 fully saturated rings. The SMILES string of the molecule is O=C(CS(=O)(=O)Cc1cccc(Cl)c1)NCc1ccc(F)cc1. The van der Waals surface area contributed by atoms with Crippen molar-refractivity contribution >= 4 is 27.3 Å². The van der Waals surface area contributed by atoms with Crippen molar-refractivity contribution in [3.05, 3.63) is 70.5 Å². The average molecular weight is 356 g/mol. The number of carbonyl (C=O) groups is 1. The van der Waals surface area contributed by atoms with E-state index in [1.807, 2.05) is 0 Å². The lowest BCUT2D eigenvalue weighted by molar-refractivity contribution is -0.118. The standard InChI is InChI=1S/C16H15ClFNO3S/c17-14-3-1-2-13(8-14)10-23(21,22)11-16(20)19-9-12-4-6-15(18)7-5-12/h1-8H,9-11H2,(H,19,20). The van der Waals surface area contributed by atoms with Crippen LogP contribution in [0.15, 0.2) is 48.5 Å². The fourth-order valence-corrected chi connectivity index (χ4v) is 3.49. The van der Waals surface area contributed by atoms with Crippen LogP contribution in [0.3, 0.4) is 0 Å². The Hall–Kier alpha value is -1.92. The van der Waals surface area contributed by atoms with Gasteiger partial charge in [0.05, 0.1) is 5.75 Å². The number of carbonyl (C=O) groups excluding carboxylic acids is 1. The highest BCUT2D eigenvalue weighted by Gasteiger charge is 2.17. The van der Waals surface area contributed by atoms with E-state index in [0.717, 1.165) is 0 Å². The summed E-state index contributed by atoms with van der Waals surface area (Å²) in [6.45, 7) is 0.145. The van der Waals surface area contributed by atoms with E-state index >= 15 is 0 Å². The Morgan fingerprint density at radius 2 is 1.78 bits per heavy atom. The molecule has 0 aliphatic rings. The summed E-state index contributed by atoms with van der Waals surface area (Å²) in [7, 11) is -3.59. The van der Waals surface area contributed by atoms with E-state index in [1.165, 1.54) is 24.3 Å². The van der Waals surface area contributed by atoms with Gasteiger partial charge in [-0.15, -0.1) is 0 Å². The average Bonchev–Trinajstić information content (AvgIpc) is 2.45. The third-order valence-corrected chi connectivity index (χ3v) is 4.74. The highest BCUT2D eigenvalue weighted by Crippen LogP contribution is 2.13. The van der Waals surface area contributed by atoms with Crippen LogP contribution in [-0.2, 0) is 26.9 Å². The van der Waals surface area contributed by atoms with Crippen LogP contribution in [-0.4, -0.2) is 20.1 Å². The first-order valence-corrected chi connectivity index (χ1v) is 9.00. The summed E-state index contributed by atoms with van der Waals surface area (Å²) in [6.07, 6.45) is 0. The molecule has 0 aliphatic carbocycles. The van der Waals surface area contributed by atoms with E-state index < -0.39 is 21.5 Å². The van der Waals surface area contributed by atoms with Gasteiger partial charge in [-0.2, -0.15) is 0 Å². The monoisotopic (exact) mass is 355 g/mol. The van der Waals surface area contributed by atoms with Gasteiger partial charge in [-0.25, -0.2) is 12.8 Å². The van der Waals surface area contributed by atoms with Gasteiger partial charge in [0.15, 0.2) is 9.84 Å². The van der Waals surface area contributed by atoms with Crippen molar-refractivity contribution in [1.29, 1.82) is 0 Å². The summed E-state index contributed by atoms with van der Waals surface area (Å²) >= 11 is 5.81. The van der Waals surface area contributed by atoms with Crippen LogP contribution in [0.2, 0.25) is 5.02 Å². The normalized spacial score (nSPS) is 11.2. The Morgan fingerprint density at radius 1 is 1.09 bits per heavy atom. The largest absolute Gasteiger partial charge is 0.351 e. The minimum Gasteiger partial charge on any atom is -0.351 e. The Bertz CT molecular complexity index is 791. The first-order valence-electron chi connectivity index (χ1n) is 6.80. The van der Waals surface area contributed by atoms with Crippen LogP contribution in [0.5, 0.6) is 0 Å². The summed E-state index contributed by atoms with van der Waals surface area (Å²) in [5, 5.41) is 2.95. The molecule has 1 N–H and O–H groups in total. The molecule has 2 rings (SSSR count). The van der Waals surface area contributed by atoms with Gasteiger partial charge in [0, 0.05) is 11.6 Å². The van der Waals surface area contributed by atoms with Gasteiger partial charge in [-0.1, -0.05) is 35.9 Å². The molecule has 0 heterocycles. The second-order valence-electron chi connectivity index (χ2n) is 5.07. The molecular weight excluding hydrogens is 341 g/mol. The summed E-state index contributed by atoms with van der Waals surface area (Å²) in [5.74, 6) is -1.83. The smallest absolute Gasteiger partial charge is 0.235 e. The molecule has 0 bridgehead atoms. The molecular formula is C16H15ClFNO3S.